The fourth-order valence-electron chi connectivity index (χ4n) is 1.81. The number of ether oxygens (including phenoxy) is 1. The van der Waals surface area contributed by atoms with Gasteiger partial charge in [0.1, 0.15) is 11.5 Å². The van der Waals surface area contributed by atoms with E-state index in [1.807, 2.05) is 19.1 Å². The normalized spacial score (nSPS) is 27.2. The highest BCUT2D eigenvalue weighted by Gasteiger charge is 2.36. The molecule has 3 nitrogen and oxygen atoms in total. The van der Waals surface area contributed by atoms with E-state index in [2.05, 4.69) is 19.2 Å². The number of phenolic OH excluding ortho intramolecular Hbond substituents is 1. The smallest absolute Gasteiger partial charge is 0.142 e. The molecule has 0 saturated carbocycles. The van der Waals surface area contributed by atoms with Crippen LogP contribution in [0.5, 0.6) is 5.75 Å². The second-order valence-corrected chi connectivity index (χ2v) is 5.39. The van der Waals surface area contributed by atoms with Crippen LogP contribution in [0.1, 0.15) is 26.3 Å². The van der Waals surface area contributed by atoms with Gasteiger partial charge in [0.25, 0.3) is 0 Å². The number of nitrogens with one attached hydrogen (secondary N) is 1. The number of phenols is 1. The molecule has 0 aromatic heterocycles. The van der Waals surface area contributed by atoms with Gasteiger partial charge < -0.3 is 9.84 Å². The fraction of sp³-hybridized carbons (Fsp3) is 0.538. The molecular formula is C13H20ClNO2. The van der Waals surface area contributed by atoms with Crippen molar-refractivity contribution in [2.75, 3.05) is 13.2 Å². The Morgan fingerprint density at radius 3 is 2.24 bits per heavy atom. The van der Waals surface area contributed by atoms with Crippen molar-refractivity contribution in [2.45, 2.75) is 26.5 Å². The van der Waals surface area contributed by atoms with Gasteiger partial charge in [0.05, 0.1) is 6.61 Å². The average Bonchev–Trinajstić information content (AvgIpc) is 2.24. The SMILES string of the molecule is CC1(C)CNC(C)(c2ccc(O)cc2)OC1.Cl. The number of benzene rings is 1. The number of hydrogen-bond acceptors (Lipinski definition) is 3. The summed E-state index contributed by atoms with van der Waals surface area (Å²) in [4.78, 5) is 0. The predicted octanol–water partition coefficient (Wildman–Crippen LogP) is 2.63. The molecule has 2 N–H and O–H groups in total. The zero-order valence-corrected chi connectivity index (χ0v) is 11.3. The van der Waals surface area contributed by atoms with Gasteiger partial charge in [-0.2, -0.15) is 0 Å². The third-order valence-corrected chi connectivity index (χ3v) is 3.07. The largest absolute Gasteiger partial charge is 0.508 e. The van der Waals surface area contributed by atoms with E-state index in [4.69, 9.17) is 4.74 Å². The number of rotatable bonds is 1. The molecule has 1 heterocycles. The van der Waals surface area contributed by atoms with Crippen molar-refractivity contribution in [3.8, 4) is 5.75 Å². The molecule has 4 heteroatoms. The lowest BCUT2D eigenvalue weighted by Crippen LogP contribution is -2.53. The Morgan fingerprint density at radius 1 is 1.18 bits per heavy atom. The highest BCUT2D eigenvalue weighted by atomic mass is 35.5. The van der Waals surface area contributed by atoms with E-state index in [9.17, 15) is 5.11 Å². The van der Waals surface area contributed by atoms with Crippen molar-refractivity contribution < 1.29 is 9.84 Å². The third kappa shape index (κ3) is 3.12. The lowest BCUT2D eigenvalue weighted by Gasteiger charge is -2.42. The molecule has 17 heavy (non-hydrogen) atoms. The number of halogens is 1. The first-order chi connectivity index (χ1) is 7.41. The van der Waals surface area contributed by atoms with Crippen molar-refractivity contribution in [3.05, 3.63) is 29.8 Å². The second-order valence-electron chi connectivity index (χ2n) is 5.39. The van der Waals surface area contributed by atoms with Crippen molar-refractivity contribution in [2.24, 2.45) is 5.41 Å². The Morgan fingerprint density at radius 2 is 1.76 bits per heavy atom. The molecule has 0 aliphatic carbocycles. The molecule has 1 atom stereocenters. The number of aromatic hydroxyl groups is 1. The van der Waals surface area contributed by atoms with Crippen LogP contribution in [-0.2, 0) is 10.5 Å². The average molecular weight is 258 g/mol. The van der Waals surface area contributed by atoms with Crippen molar-refractivity contribution in [1.82, 2.24) is 5.32 Å². The molecule has 1 saturated heterocycles. The van der Waals surface area contributed by atoms with Crippen LogP contribution in [0.3, 0.4) is 0 Å². The lowest BCUT2D eigenvalue weighted by atomic mass is 9.90. The summed E-state index contributed by atoms with van der Waals surface area (Å²) >= 11 is 0. The van der Waals surface area contributed by atoms with Crippen LogP contribution < -0.4 is 5.32 Å². The van der Waals surface area contributed by atoms with Gasteiger partial charge in [-0.15, -0.1) is 12.4 Å². The summed E-state index contributed by atoms with van der Waals surface area (Å²) in [5.41, 5.74) is 0.778. The molecule has 1 aromatic carbocycles. The van der Waals surface area contributed by atoms with Gasteiger partial charge in [0, 0.05) is 12.0 Å². The van der Waals surface area contributed by atoms with E-state index in [1.165, 1.54) is 0 Å². The summed E-state index contributed by atoms with van der Waals surface area (Å²) in [6.07, 6.45) is 0. The van der Waals surface area contributed by atoms with Crippen LogP contribution in [0.4, 0.5) is 0 Å². The lowest BCUT2D eigenvalue weighted by molar-refractivity contribution is -0.131. The van der Waals surface area contributed by atoms with Gasteiger partial charge in [0.15, 0.2) is 0 Å². The molecule has 1 aliphatic rings. The summed E-state index contributed by atoms with van der Waals surface area (Å²) in [6.45, 7) is 8.03. The predicted molar refractivity (Wildman–Crippen MR) is 70.4 cm³/mol. The van der Waals surface area contributed by atoms with Gasteiger partial charge in [0.2, 0.25) is 0 Å². The Kier molecular flexibility index (Phi) is 4.07. The summed E-state index contributed by atoms with van der Waals surface area (Å²) in [7, 11) is 0. The van der Waals surface area contributed by atoms with Gasteiger partial charge in [-0.25, -0.2) is 0 Å². The third-order valence-electron chi connectivity index (χ3n) is 3.07. The molecule has 1 fully saturated rings. The van der Waals surface area contributed by atoms with Crippen LogP contribution in [0.15, 0.2) is 24.3 Å². The molecule has 0 bridgehead atoms. The van der Waals surface area contributed by atoms with Gasteiger partial charge in [-0.1, -0.05) is 26.0 Å². The number of hydrogen-bond donors (Lipinski definition) is 2. The van der Waals surface area contributed by atoms with Gasteiger partial charge >= 0.3 is 0 Å². The highest BCUT2D eigenvalue weighted by molar-refractivity contribution is 5.85. The maximum absolute atomic E-state index is 9.26. The van der Waals surface area contributed by atoms with Crippen molar-refractivity contribution in [3.63, 3.8) is 0 Å². The van der Waals surface area contributed by atoms with E-state index in [1.54, 1.807) is 12.1 Å². The molecule has 1 unspecified atom stereocenters. The molecule has 2 rings (SSSR count). The van der Waals surface area contributed by atoms with E-state index in [0.717, 1.165) is 18.7 Å². The monoisotopic (exact) mass is 257 g/mol. The zero-order valence-electron chi connectivity index (χ0n) is 10.5. The van der Waals surface area contributed by atoms with Gasteiger partial charge in [-0.3, -0.25) is 5.32 Å². The van der Waals surface area contributed by atoms with Crippen LogP contribution in [0, 0.1) is 5.41 Å². The van der Waals surface area contributed by atoms with Crippen LogP contribution in [-0.4, -0.2) is 18.3 Å². The summed E-state index contributed by atoms with van der Waals surface area (Å²) < 4.78 is 5.91. The van der Waals surface area contributed by atoms with Crippen molar-refractivity contribution in [1.29, 1.82) is 0 Å². The Balaban J connectivity index is 0.00000144. The molecular weight excluding hydrogens is 238 g/mol. The van der Waals surface area contributed by atoms with Crippen molar-refractivity contribution >= 4 is 12.4 Å². The second kappa shape index (κ2) is 4.84. The molecule has 96 valence electrons. The minimum absolute atomic E-state index is 0. The standard InChI is InChI=1S/C13H19NO2.ClH/c1-12(2)8-14-13(3,16-9-12)10-4-6-11(15)7-5-10;/h4-7,14-15H,8-9H2,1-3H3;1H. The minimum Gasteiger partial charge on any atom is -0.508 e. The Bertz CT molecular complexity index is 366. The fourth-order valence-corrected chi connectivity index (χ4v) is 1.81. The molecule has 1 aliphatic heterocycles. The van der Waals surface area contributed by atoms with E-state index < -0.39 is 5.72 Å². The Labute approximate surface area is 109 Å². The topological polar surface area (TPSA) is 41.5 Å². The quantitative estimate of drug-likeness (QED) is 0.813. The molecule has 1 aromatic rings. The summed E-state index contributed by atoms with van der Waals surface area (Å²) in [6, 6.07) is 7.15. The highest BCUT2D eigenvalue weighted by Crippen LogP contribution is 2.31. The first-order valence-corrected chi connectivity index (χ1v) is 5.60. The van der Waals surface area contributed by atoms with Gasteiger partial charge in [-0.05, 0) is 24.6 Å². The molecule has 0 spiro atoms. The van der Waals surface area contributed by atoms with Crippen LogP contribution in [0.2, 0.25) is 0 Å². The summed E-state index contributed by atoms with van der Waals surface area (Å²) in [5, 5.41) is 12.7. The summed E-state index contributed by atoms with van der Waals surface area (Å²) in [5.74, 6) is 0.281. The molecule has 0 radical (unpaired) electrons. The molecule has 0 amide bonds. The van der Waals surface area contributed by atoms with E-state index in [0.29, 0.717) is 0 Å². The first kappa shape index (κ1) is 14.3. The minimum atomic E-state index is -0.441. The van der Waals surface area contributed by atoms with Crippen LogP contribution >= 0.6 is 12.4 Å². The zero-order chi connectivity index (χ0) is 11.8. The van der Waals surface area contributed by atoms with Crippen LogP contribution in [0.25, 0.3) is 0 Å². The maximum atomic E-state index is 9.26. The van der Waals surface area contributed by atoms with E-state index >= 15 is 0 Å². The first-order valence-electron chi connectivity index (χ1n) is 5.60. The Hall–Kier alpha value is -0.770. The van der Waals surface area contributed by atoms with E-state index in [-0.39, 0.29) is 23.6 Å². The maximum Gasteiger partial charge on any atom is 0.142 e.